The van der Waals surface area contributed by atoms with E-state index in [-0.39, 0.29) is 12.5 Å². The molecule has 4 rings (SSSR count). The van der Waals surface area contributed by atoms with Gasteiger partial charge in [-0.3, -0.25) is 4.79 Å². The van der Waals surface area contributed by atoms with E-state index in [1.807, 2.05) is 67.6 Å². The predicted octanol–water partition coefficient (Wildman–Crippen LogP) is 5.58. The number of ether oxygens (including phenoxy) is 1. The summed E-state index contributed by atoms with van der Waals surface area (Å²) in [7, 11) is 0. The first-order chi connectivity index (χ1) is 15.1. The Morgan fingerprint density at radius 3 is 2.55 bits per heavy atom. The Morgan fingerprint density at radius 1 is 0.968 bits per heavy atom. The minimum atomic E-state index is -0.210. The smallest absolute Gasteiger partial charge is 0.255 e. The molecule has 0 aliphatic carbocycles. The van der Waals surface area contributed by atoms with Gasteiger partial charge in [-0.1, -0.05) is 36.4 Å². The Hall–Kier alpha value is -3.83. The summed E-state index contributed by atoms with van der Waals surface area (Å²) in [6.07, 6.45) is 0. The van der Waals surface area contributed by atoms with Crippen LogP contribution in [0.2, 0.25) is 0 Å². The molecule has 1 aromatic heterocycles. The fraction of sp³-hybridized carbons (Fsp3) is 0.115. The van der Waals surface area contributed by atoms with Crippen molar-refractivity contribution in [3.8, 4) is 17.1 Å². The number of rotatable bonds is 7. The number of aliphatic hydroxyl groups is 1. The van der Waals surface area contributed by atoms with Crippen LogP contribution in [-0.4, -0.2) is 11.0 Å². The third-order valence-electron chi connectivity index (χ3n) is 4.91. The maximum atomic E-state index is 12.7. The molecule has 0 radical (unpaired) electrons. The molecule has 1 amide bonds. The number of carbonyl (C=O) groups is 1. The lowest BCUT2D eigenvalue weighted by atomic mass is 10.1. The lowest BCUT2D eigenvalue weighted by Gasteiger charge is -2.10. The Labute approximate surface area is 180 Å². The third-order valence-corrected chi connectivity index (χ3v) is 4.91. The van der Waals surface area contributed by atoms with Crippen LogP contribution in [0, 0.1) is 6.92 Å². The molecule has 0 aliphatic rings. The molecular formula is C26H23NO4. The number of hydrogen-bond acceptors (Lipinski definition) is 4. The molecule has 3 aromatic carbocycles. The largest absolute Gasteiger partial charge is 0.489 e. The van der Waals surface area contributed by atoms with Crippen molar-refractivity contribution in [2.75, 3.05) is 5.32 Å². The molecule has 0 aliphatic heterocycles. The molecule has 1 heterocycles. The summed E-state index contributed by atoms with van der Waals surface area (Å²) in [5.74, 6) is 1.63. The maximum absolute atomic E-state index is 12.7. The van der Waals surface area contributed by atoms with Crippen molar-refractivity contribution in [2.45, 2.75) is 20.1 Å². The normalized spacial score (nSPS) is 10.6. The number of benzene rings is 3. The van der Waals surface area contributed by atoms with Crippen molar-refractivity contribution in [1.82, 2.24) is 0 Å². The summed E-state index contributed by atoms with van der Waals surface area (Å²) in [5, 5.41) is 12.1. The van der Waals surface area contributed by atoms with Gasteiger partial charge in [-0.05, 0) is 66.6 Å². The number of anilines is 1. The van der Waals surface area contributed by atoms with Gasteiger partial charge in [-0.25, -0.2) is 0 Å². The molecule has 5 heteroatoms. The first-order valence-corrected chi connectivity index (χ1v) is 10.0. The summed E-state index contributed by atoms with van der Waals surface area (Å²) in [6.45, 7) is 2.25. The minimum Gasteiger partial charge on any atom is -0.489 e. The van der Waals surface area contributed by atoms with Crippen LogP contribution in [0.5, 0.6) is 5.75 Å². The second-order valence-electron chi connectivity index (χ2n) is 7.21. The average molecular weight is 413 g/mol. The molecule has 4 aromatic rings. The van der Waals surface area contributed by atoms with Crippen molar-refractivity contribution < 1.29 is 19.1 Å². The molecule has 0 unspecified atom stereocenters. The van der Waals surface area contributed by atoms with E-state index in [0.717, 1.165) is 16.7 Å². The van der Waals surface area contributed by atoms with Crippen molar-refractivity contribution in [1.29, 1.82) is 0 Å². The number of hydrogen-bond donors (Lipinski definition) is 2. The van der Waals surface area contributed by atoms with Gasteiger partial charge in [-0.2, -0.15) is 0 Å². The standard InChI is InChI=1S/C26H23NO4/c1-18-14-21(10-12-24(18)25-13-11-23(16-28)31-25)27-26(29)20-8-5-9-22(15-20)30-17-19-6-3-2-4-7-19/h2-15,28H,16-17H2,1H3,(H,27,29). The summed E-state index contributed by atoms with van der Waals surface area (Å²) in [5.41, 5.74) is 4.14. The molecule has 0 spiro atoms. The number of furan rings is 1. The van der Waals surface area contributed by atoms with Gasteiger partial charge in [0.25, 0.3) is 5.91 Å². The van der Waals surface area contributed by atoms with Crippen molar-refractivity contribution >= 4 is 11.6 Å². The summed E-state index contributed by atoms with van der Waals surface area (Å²) >= 11 is 0. The maximum Gasteiger partial charge on any atom is 0.255 e. The van der Waals surface area contributed by atoms with Gasteiger partial charge in [0.15, 0.2) is 0 Å². The van der Waals surface area contributed by atoms with E-state index in [9.17, 15) is 9.90 Å². The Morgan fingerprint density at radius 2 is 1.81 bits per heavy atom. The quantitative estimate of drug-likeness (QED) is 0.415. The summed E-state index contributed by atoms with van der Waals surface area (Å²) in [4.78, 5) is 12.7. The van der Waals surface area contributed by atoms with Crippen LogP contribution in [0.3, 0.4) is 0 Å². The fourth-order valence-electron chi connectivity index (χ4n) is 3.30. The van der Waals surface area contributed by atoms with Crippen LogP contribution in [0.25, 0.3) is 11.3 Å². The van der Waals surface area contributed by atoms with E-state index in [2.05, 4.69) is 5.32 Å². The highest BCUT2D eigenvalue weighted by Crippen LogP contribution is 2.28. The van der Waals surface area contributed by atoms with E-state index < -0.39 is 0 Å². The third kappa shape index (κ3) is 5.02. The molecule has 5 nitrogen and oxygen atoms in total. The van der Waals surface area contributed by atoms with E-state index in [1.165, 1.54) is 0 Å². The zero-order valence-electron chi connectivity index (χ0n) is 17.2. The first kappa shape index (κ1) is 20.4. The summed E-state index contributed by atoms with van der Waals surface area (Å²) in [6, 6.07) is 26.2. The zero-order chi connectivity index (χ0) is 21.6. The highest BCUT2D eigenvalue weighted by atomic mass is 16.5. The second-order valence-corrected chi connectivity index (χ2v) is 7.21. The number of nitrogens with one attached hydrogen (secondary N) is 1. The average Bonchev–Trinajstić information content (AvgIpc) is 3.28. The first-order valence-electron chi connectivity index (χ1n) is 10.0. The monoisotopic (exact) mass is 413 g/mol. The number of carbonyl (C=O) groups excluding carboxylic acids is 1. The Bertz CT molecular complexity index is 1180. The van der Waals surface area contributed by atoms with E-state index >= 15 is 0 Å². The molecule has 2 N–H and O–H groups in total. The van der Waals surface area contributed by atoms with Crippen LogP contribution in [0.1, 0.15) is 27.2 Å². The highest BCUT2D eigenvalue weighted by molar-refractivity contribution is 6.04. The number of aliphatic hydroxyl groups excluding tert-OH is 1. The molecule has 0 saturated heterocycles. The van der Waals surface area contributed by atoms with E-state index in [0.29, 0.717) is 35.1 Å². The molecule has 31 heavy (non-hydrogen) atoms. The molecule has 0 saturated carbocycles. The van der Waals surface area contributed by atoms with Crippen LogP contribution in [0.15, 0.2) is 89.3 Å². The SMILES string of the molecule is Cc1cc(NC(=O)c2cccc(OCc3ccccc3)c2)ccc1-c1ccc(CO)o1. The lowest BCUT2D eigenvalue weighted by Crippen LogP contribution is -2.12. The molecule has 0 bridgehead atoms. The van der Waals surface area contributed by atoms with Crippen LogP contribution >= 0.6 is 0 Å². The molecule has 0 atom stereocenters. The van der Waals surface area contributed by atoms with Gasteiger partial charge in [0.1, 0.15) is 30.5 Å². The van der Waals surface area contributed by atoms with Gasteiger partial charge in [0.05, 0.1) is 0 Å². The highest BCUT2D eigenvalue weighted by Gasteiger charge is 2.11. The van der Waals surface area contributed by atoms with Crippen molar-refractivity contribution in [2.24, 2.45) is 0 Å². The molecular weight excluding hydrogens is 390 g/mol. The summed E-state index contributed by atoms with van der Waals surface area (Å²) < 4.78 is 11.4. The van der Waals surface area contributed by atoms with Crippen molar-refractivity contribution in [3.05, 3.63) is 107 Å². The Balaban J connectivity index is 1.43. The second kappa shape index (κ2) is 9.32. The topological polar surface area (TPSA) is 71.7 Å². The molecule has 0 fully saturated rings. The van der Waals surface area contributed by atoms with E-state index in [1.54, 1.807) is 24.3 Å². The van der Waals surface area contributed by atoms with Gasteiger partial charge in [0.2, 0.25) is 0 Å². The molecule has 156 valence electrons. The Kier molecular flexibility index (Phi) is 6.15. The lowest BCUT2D eigenvalue weighted by molar-refractivity contribution is 0.102. The van der Waals surface area contributed by atoms with E-state index in [4.69, 9.17) is 9.15 Å². The predicted molar refractivity (Wildman–Crippen MR) is 120 cm³/mol. The number of aryl methyl sites for hydroxylation is 1. The zero-order valence-corrected chi connectivity index (χ0v) is 17.2. The van der Waals surface area contributed by atoms with Gasteiger partial charge >= 0.3 is 0 Å². The van der Waals surface area contributed by atoms with Crippen LogP contribution in [0.4, 0.5) is 5.69 Å². The van der Waals surface area contributed by atoms with Gasteiger partial charge < -0.3 is 19.6 Å². The van der Waals surface area contributed by atoms with Crippen LogP contribution < -0.4 is 10.1 Å². The fourth-order valence-corrected chi connectivity index (χ4v) is 3.30. The van der Waals surface area contributed by atoms with Gasteiger partial charge in [0, 0.05) is 16.8 Å². The van der Waals surface area contributed by atoms with Gasteiger partial charge in [-0.15, -0.1) is 0 Å². The van der Waals surface area contributed by atoms with Crippen molar-refractivity contribution in [3.63, 3.8) is 0 Å². The van der Waals surface area contributed by atoms with Crippen LogP contribution in [-0.2, 0) is 13.2 Å². The minimum absolute atomic E-state index is 0.138. The number of amides is 1.